The molecule has 4 nitrogen and oxygen atoms in total. The molecule has 2 fully saturated rings. The highest BCUT2D eigenvalue weighted by Gasteiger charge is 2.31. The van der Waals surface area contributed by atoms with Gasteiger partial charge in [-0.25, -0.2) is 4.98 Å². The second-order valence-corrected chi connectivity index (χ2v) is 5.92. The van der Waals surface area contributed by atoms with Crippen molar-refractivity contribution in [3.63, 3.8) is 0 Å². The zero-order chi connectivity index (χ0) is 11.2. The Morgan fingerprint density at radius 3 is 2.69 bits per heavy atom. The maximum atomic E-state index is 9.88. The topological polar surface area (TPSA) is 49.2 Å². The van der Waals surface area contributed by atoms with Crippen LogP contribution in [0.3, 0.4) is 0 Å². The molecule has 0 atom stereocenters. The van der Waals surface area contributed by atoms with E-state index in [1.54, 1.807) is 0 Å². The third kappa shape index (κ3) is 2.06. The van der Waals surface area contributed by atoms with E-state index in [9.17, 15) is 5.11 Å². The van der Waals surface area contributed by atoms with Crippen molar-refractivity contribution in [3.05, 3.63) is 5.82 Å². The van der Waals surface area contributed by atoms with Gasteiger partial charge < -0.3 is 10.0 Å². The molecule has 0 unspecified atom stereocenters. The summed E-state index contributed by atoms with van der Waals surface area (Å²) in [7, 11) is 0. The molecule has 1 aromatic heterocycles. The molecule has 5 heteroatoms. The molecule has 0 aromatic carbocycles. The van der Waals surface area contributed by atoms with Crippen LogP contribution >= 0.6 is 11.5 Å². The Hall–Kier alpha value is -0.680. The van der Waals surface area contributed by atoms with Gasteiger partial charge in [-0.1, -0.05) is 0 Å². The molecule has 88 valence electrons. The summed E-state index contributed by atoms with van der Waals surface area (Å²) in [6.07, 6.45) is 4.16. The van der Waals surface area contributed by atoms with Crippen LogP contribution in [0.15, 0.2) is 0 Å². The SMILES string of the molecule is CC1(O)CCN(c2nc(C3CC3)ns2)CC1. The molecule has 1 aromatic rings. The highest BCUT2D eigenvalue weighted by molar-refractivity contribution is 7.09. The molecule has 1 saturated heterocycles. The Balaban J connectivity index is 1.68. The van der Waals surface area contributed by atoms with Crippen molar-refractivity contribution in [3.8, 4) is 0 Å². The molecule has 0 amide bonds. The third-order valence-electron chi connectivity index (χ3n) is 3.48. The number of rotatable bonds is 2. The van der Waals surface area contributed by atoms with Gasteiger partial charge in [-0.2, -0.15) is 4.37 Å². The van der Waals surface area contributed by atoms with Gasteiger partial charge >= 0.3 is 0 Å². The Bertz CT molecular complexity index is 376. The number of hydrogen-bond donors (Lipinski definition) is 1. The lowest BCUT2D eigenvalue weighted by atomic mass is 9.94. The molecule has 16 heavy (non-hydrogen) atoms. The molecular formula is C11H17N3OS. The average Bonchev–Trinajstić information content (AvgIpc) is 2.98. The molecule has 3 rings (SSSR count). The minimum atomic E-state index is -0.486. The first-order chi connectivity index (χ1) is 7.64. The van der Waals surface area contributed by atoms with E-state index in [-0.39, 0.29) is 0 Å². The first-order valence-electron chi connectivity index (χ1n) is 5.95. The van der Waals surface area contributed by atoms with Crippen LogP contribution in [-0.2, 0) is 0 Å². The van der Waals surface area contributed by atoms with Crippen molar-refractivity contribution in [1.29, 1.82) is 0 Å². The zero-order valence-corrected chi connectivity index (χ0v) is 10.3. The van der Waals surface area contributed by atoms with Crippen molar-refractivity contribution in [1.82, 2.24) is 9.36 Å². The minimum Gasteiger partial charge on any atom is -0.390 e. The van der Waals surface area contributed by atoms with Crippen molar-refractivity contribution < 1.29 is 5.11 Å². The van der Waals surface area contributed by atoms with Gasteiger partial charge in [0, 0.05) is 30.5 Å². The summed E-state index contributed by atoms with van der Waals surface area (Å²) < 4.78 is 4.42. The van der Waals surface area contributed by atoms with Gasteiger partial charge in [0.25, 0.3) is 0 Å². The Kier molecular flexibility index (Phi) is 2.40. The molecule has 2 heterocycles. The minimum absolute atomic E-state index is 0.486. The number of aliphatic hydroxyl groups is 1. The summed E-state index contributed by atoms with van der Waals surface area (Å²) in [4.78, 5) is 6.85. The van der Waals surface area contributed by atoms with Crippen molar-refractivity contribution in [2.24, 2.45) is 0 Å². The molecule has 0 radical (unpaired) electrons. The van der Waals surface area contributed by atoms with E-state index in [1.807, 2.05) is 6.92 Å². The van der Waals surface area contributed by atoms with E-state index < -0.39 is 5.60 Å². The largest absolute Gasteiger partial charge is 0.390 e. The molecule has 2 aliphatic rings. The van der Waals surface area contributed by atoms with E-state index in [0.29, 0.717) is 5.92 Å². The lowest BCUT2D eigenvalue weighted by molar-refractivity contribution is 0.0351. The van der Waals surface area contributed by atoms with Gasteiger partial charge in [-0.3, -0.25) is 0 Å². The van der Waals surface area contributed by atoms with Gasteiger partial charge in [0.2, 0.25) is 5.13 Å². The predicted octanol–water partition coefficient (Wildman–Crippen LogP) is 1.77. The number of piperidine rings is 1. The maximum Gasteiger partial charge on any atom is 0.205 e. The summed E-state index contributed by atoms with van der Waals surface area (Å²) in [6.45, 7) is 3.71. The Morgan fingerprint density at radius 2 is 2.06 bits per heavy atom. The molecule has 1 aliphatic heterocycles. The van der Waals surface area contributed by atoms with Crippen LogP contribution in [0.1, 0.15) is 44.3 Å². The van der Waals surface area contributed by atoms with Crippen LogP contribution in [0.2, 0.25) is 0 Å². The quantitative estimate of drug-likeness (QED) is 0.854. The molecule has 0 spiro atoms. The fourth-order valence-corrected chi connectivity index (χ4v) is 2.84. The van der Waals surface area contributed by atoms with E-state index in [0.717, 1.165) is 36.9 Å². The fraction of sp³-hybridized carbons (Fsp3) is 0.818. The normalized spacial score (nSPS) is 24.8. The molecular weight excluding hydrogens is 222 g/mol. The highest BCUT2D eigenvalue weighted by atomic mass is 32.1. The fourth-order valence-electron chi connectivity index (χ4n) is 2.04. The second-order valence-electron chi connectivity index (χ2n) is 5.19. The van der Waals surface area contributed by atoms with Crippen molar-refractivity contribution in [2.45, 2.75) is 44.1 Å². The van der Waals surface area contributed by atoms with E-state index in [2.05, 4.69) is 14.3 Å². The highest BCUT2D eigenvalue weighted by Crippen LogP contribution is 2.40. The van der Waals surface area contributed by atoms with Gasteiger partial charge in [-0.15, -0.1) is 0 Å². The van der Waals surface area contributed by atoms with Gasteiger partial charge in [0.05, 0.1) is 5.60 Å². The van der Waals surface area contributed by atoms with Crippen molar-refractivity contribution >= 4 is 16.7 Å². The van der Waals surface area contributed by atoms with Crippen LogP contribution in [0.5, 0.6) is 0 Å². The van der Waals surface area contributed by atoms with Gasteiger partial charge in [0.15, 0.2) is 0 Å². The first-order valence-corrected chi connectivity index (χ1v) is 6.72. The summed E-state index contributed by atoms with van der Waals surface area (Å²) >= 11 is 1.51. The summed E-state index contributed by atoms with van der Waals surface area (Å²) in [5.41, 5.74) is -0.486. The van der Waals surface area contributed by atoms with Crippen LogP contribution in [-0.4, -0.2) is 33.2 Å². The first kappa shape index (κ1) is 10.5. The van der Waals surface area contributed by atoms with Crippen LogP contribution in [0, 0.1) is 0 Å². The van der Waals surface area contributed by atoms with E-state index in [4.69, 9.17) is 0 Å². The molecule has 1 saturated carbocycles. The lowest BCUT2D eigenvalue weighted by Crippen LogP contribution is -2.42. The number of aromatic nitrogens is 2. The van der Waals surface area contributed by atoms with Crippen LogP contribution in [0.4, 0.5) is 5.13 Å². The monoisotopic (exact) mass is 239 g/mol. The van der Waals surface area contributed by atoms with E-state index in [1.165, 1.54) is 24.4 Å². The van der Waals surface area contributed by atoms with E-state index >= 15 is 0 Å². The Morgan fingerprint density at radius 1 is 1.38 bits per heavy atom. The smallest absolute Gasteiger partial charge is 0.205 e. The summed E-state index contributed by atoms with van der Waals surface area (Å²) in [5, 5.41) is 10.9. The standard InChI is InChI=1S/C11H17N3OS/c1-11(15)4-6-14(7-5-11)10-12-9(13-16-10)8-2-3-8/h8,15H,2-7H2,1H3. The predicted molar refractivity (Wildman–Crippen MR) is 64.0 cm³/mol. The van der Waals surface area contributed by atoms with Gasteiger partial charge in [-0.05, 0) is 32.6 Å². The van der Waals surface area contributed by atoms with Crippen LogP contribution < -0.4 is 4.90 Å². The number of hydrogen-bond acceptors (Lipinski definition) is 5. The number of anilines is 1. The Labute approximate surface area is 99.5 Å². The lowest BCUT2D eigenvalue weighted by Gasteiger charge is -2.35. The molecule has 1 N–H and O–H groups in total. The molecule has 1 aliphatic carbocycles. The van der Waals surface area contributed by atoms with Crippen molar-refractivity contribution in [2.75, 3.05) is 18.0 Å². The summed E-state index contributed by atoms with van der Waals surface area (Å²) in [5.74, 6) is 1.68. The van der Waals surface area contributed by atoms with Gasteiger partial charge in [0.1, 0.15) is 5.82 Å². The van der Waals surface area contributed by atoms with Crippen LogP contribution in [0.25, 0.3) is 0 Å². The average molecular weight is 239 g/mol. The summed E-state index contributed by atoms with van der Waals surface area (Å²) in [6, 6.07) is 0. The zero-order valence-electron chi connectivity index (χ0n) is 9.52. The second kappa shape index (κ2) is 3.67. The maximum absolute atomic E-state index is 9.88. The third-order valence-corrected chi connectivity index (χ3v) is 4.28. The number of nitrogens with zero attached hydrogens (tertiary/aromatic N) is 3. The molecule has 0 bridgehead atoms.